The van der Waals surface area contributed by atoms with E-state index in [2.05, 4.69) is 34.5 Å². The summed E-state index contributed by atoms with van der Waals surface area (Å²) in [7, 11) is 0. The minimum absolute atomic E-state index is 0.0565. The van der Waals surface area contributed by atoms with Gasteiger partial charge in [-0.15, -0.1) is 0 Å². The van der Waals surface area contributed by atoms with E-state index >= 15 is 0 Å². The molecule has 4 nitrogen and oxygen atoms in total. The molecule has 0 saturated carbocycles. The van der Waals surface area contributed by atoms with Gasteiger partial charge in [-0.25, -0.2) is 0 Å². The van der Waals surface area contributed by atoms with Crippen molar-refractivity contribution in [3.8, 4) is 0 Å². The van der Waals surface area contributed by atoms with Crippen LogP contribution in [-0.4, -0.2) is 35.5 Å². The Kier molecular flexibility index (Phi) is 4.78. The lowest BCUT2D eigenvalue weighted by atomic mass is 10.0. The number of carbonyl (C=O) groups is 1. The minimum atomic E-state index is -0.791. The zero-order valence-corrected chi connectivity index (χ0v) is 12.4. The maximum Gasteiger partial charge on any atom is 0.239 e. The van der Waals surface area contributed by atoms with Crippen LogP contribution in [0.2, 0.25) is 0 Å². The summed E-state index contributed by atoms with van der Waals surface area (Å²) in [5.74, 6) is -0.0565. The first-order valence-electron chi connectivity index (χ1n) is 7.31. The van der Waals surface area contributed by atoms with Gasteiger partial charge in [0.2, 0.25) is 5.91 Å². The first-order chi connectivity index (χ1) is 9.45. The number of hydrogen-bond donors (Lipinski definition) is 2. The number of hydrogen-bond acceptors (Lipinski definition) is 3. The van der Waals surface area contributed by atoms with Gasteiger partial charge in [0.05, 0.1) is 5.54 Å². The van der Waals surface area contributed by atoms with Crippen molar-refractivity contribution in [2.75, 3.05) is 13.1 Å². The van der Waals surface area contributed by atoms with Gasteiger partial charge in [-0.3, -0.25) is 9.69 Å². The van der Waals surface area contributed by atoms with Crippen molar-refractivity contribution in [1.82, 2.24) is 10.2 Å². The Labute approximate surface area is 121 Å². The van der Waals surface area contributed by atoms with Crippen LogP contribution in [0.25, 0.3) is 0 Å². The molecular formula is C16H25N3O. The highest BCUT2D eigenvalue weighted by molar-refractivity contribution is 5.85. The number of likely N-dealkylation sites (tertiary alicyclic amines) is 1. The van der Waals surface area contributed by atoms with Crippen LogP contribution in [0.5, 0.6) is 0 Å². The van der Waals surface area contributed by atoms with E-state index in [1.54, 1.807) is 13.8 Å². The number of piperidine rings is 1. The molecule has 2 rings (SSSR count). The number of nitrogens with zero attached hydrogens (tertiary/aromatic N) is 1. The van der Waals surface area contributed by atoms with E-state index in [0.29, 0.717) is 0 Å². The molecule has 1 heterocycles. The van der Waals surface area contributed by atoms with Gasteiger partial charge in [0, 0.05) is 25.7 Å². The number of amides is 1. The Morgan fingerprint density at radius 2 is 1.90 bits per heavy atom. The van der Waals surface area contributed by atoms with E-state index < -0.39 is 5.54 Å². The van der Waals surface area contributed by atoms with Crippen LogP contribution in [-0.2, 0) is 11.3 Å². The van der Waals surface area contributed by atoms with Gasteiger partial charge in [0.15, 0.2) is 0 Å². The van der Waals surface area contributed by atoms with Crippen LogP contribution in [0.4, 0.5) is 0 Å². The topological polar surface area (TPSA) is 58.4 Å². The summed E-state index contributed by atoms with van der Waals surface area (Å²) in [5.41, 5.74) is 6.36. The summed E-state index contributed by atoms with van der Waals surface area (Å²) in [6, 6.07) is 10.8. The van der Waals surface area contributed by atoms with Gasteiger partial charge >= 0.3 is 0 Å². The number of carbonyl (C=O) groups excluding carboxylic acids is 1. The highest BCUT2D eigenvalue weighted by Gasteiger charge is 2.26. The molecule has 0 radical (unpaired) electrons. The van der Waals surface area contributed by atoms with E-state index in [0.717, 1.165) is 32.5 Å². The fourth-order valence-corrected chi connectivity index (χ4v) is 2.45. The second-order valence-electron chi connectivity index (χ2n) is 6.23. The van der Waals surface area contributed by atoms with Gasteiger partial charge in [0.1, 0.15) is 0 Å². The molecule has 1 aliphatic heterocycles. The van der Waals surface area contributed by atoms with Crippen molar-refractivity contribution in [2.24, 2.45) is 5.73 Å². The highest BCUT2D eigenvalue weighted by atomic mass is 16.2. The van der Waals surface area contributed by atoms with Crippen LogP contribution in [0, 0.1) is 0 Å². The summed E-state index contributed by atoms with van der Waals surface area (Å²) >= 11 is 0. The predicted octanol–water partition coefficient (Wildman–Crippen LogP) is 1.50. The summed E-state index contributed by atoms with van der Waals surface area (Å²) < 4.78 is 0. The van der Waals surface area contributed by atoms with Crippen LogP contribution >= 0.6 is 0 Å². The summed E-state index contributed by atoms with van der Waals surface area (Å²) in [4.78, 5) is 14.3. The first kappa shape index (κ1) is 15.0. The number of nitrogens with two attached hydrogens (primary N) is 1. The van der Waals surface area contributed by atoms with Crippen molar-refractivity contribution in [3.05, 3.63) is 35.9 Å². The standard InChI is InChI=1S/C16H25N3O/c1-16(2,17)15(20)18-14-8-10-19(11-9-14)12-13-6-4-3-5-7-13/h3-7,14H,8-12,17H2,1-2H3,(H,18,20). The maximum absolute atomic E-state index is 11.9. The molecule has 110 valence electrons. The summed E-state index contributed by atoms with van der Waals surface area (Å²) in [6.07, 6.45) is 1.99. The second kappa shape index (κ2) is 6.37. The van der Waals surface area contributed by atoms with Gasteiger partial charge in [-0.1, -0.05) is 30.3 Å². The molecule has 0 aromatic heterocycles. The van der Waals surface area contributed by atoms with E-state index in [9.17, 15) is 4.79 Å². The molecular weight excluding hydrogens is 250 g/mol. The molecule has 1 aromatic rings. The lowest BCUT2D eigenvalue weighted by molar-refractivity contribution is -0.126. The molecule has 0 spiro atoms. The van der Waals surface area contributed by atoms with Crippen LogP contribution in [0.1, 0.15) is 32.3 Å². The van der Waals surface area contributed by atoms with Crippen molar-refractivity contribution in [2.45, 2.75) is 44.8 Å². The monoisotopic (exact) mass is 275 g/mol. The Hall–Kier alpha value is -1.39. The smallest absolute Gasteiger partial charge is 0.239 e. The number of rotatable bonds is 4. The quantitative estimate of drug-likeness (QED) is 0.875. The molecule has 20 heavy (non-hydrogen) atoms. The van der Waals surface area contributed by atoms with Crippen LogP contribution in [0.15, 0.2) is 30.3 Å². The molecule has 3 N–H and O–H groups in total. The van der Waals surface area contributed by atoms with Gasteiger partial charge in [-0.2, -0.15) is 0 Å². The van der Waals surface area contributed by atoms with Crippen LogP contribution < -0.4 is 11.1 Å². The zero-order chi connectivity index (χ0) is 14.6. The first-order valence-corrected chi connectivity index (χ1v) is 7.31. The lowest BCUT2D eigenvalue weighted by Crippen LogP contribution is -2.54. The molecule has 1 amide bonds. The molecule has 4 heteroatoms. The molecule has 0 bridgehead atoms. The Morgan fingerprint density at radius 1 is 1.30 bits per heavy atom. The van der Waals surface area contributed by atoms with Crippen molar-refractivity contribution in [3.63, 3.8) is 0 Å². The predicted molar refractivity (Wildman–Crippen MR) is 81.2 cm³/mol. The van der Waals surface area contributed by atoms with E-state index in [1.165, 1.54) is 5.56 Å². The Balaban J connectivity index is 1.77. The van der Waals surface area contributed by atoms with Crippen molar-refractivity contribution in [1.29, 1.82) is 0 Å². The third-order valence-electron chi connectivity index (χ3n) is 3.76. The third kappa shape index (κ3) is 4.32. The molecule has 1 saturated heterocycles. The average molecular weight is 275 g/mol. The molecule has 1 fully saturated rings. The fraction of sp³-hybridized carbons (Fsp3) is 0.562. The van der Waals surface area contributed by atoms with Crippen molar-refractivity contribution >= 4 is 5.91 Å². The van der Waals surface area contributed by atoms with Crippen LogP contribution in [0.3, 0.4) is 0 Å². The molecule has 1 aromatic carbocycles. The van der Waals surface area contributed by atoms with E-state index in [1.807, 2.05) is 6.07 Å². The molecule has 0 atom stereocenters. The third-order valence-corrected chi connectivity index (χ3v) is 3.76. The molecule has 0 unspecified atom stereocenters. The number of nitrogens with one attached hydrogen (secondary N) is 1. The van der Waals surface area contributed by atoms with Crippen molar-refractivity contribution < 1.29 is 4.79 Å². The lowest BCUT2D eigenvalue weighted by Gasteiger charge is -2.33. The van der Waals surface area contributed by atoms with Gasteiger partial charge < -0.3 is 11.1 Å². The summed E-state index contributed by atoms with van der Waals surface area (Å²) in [6.45, 7) is 6.51. The van der Waals surface area contributed by atoms with E-state index in [4.69, 9.17) is 5.73 Å². The van der Waals surface area contributed by atoms with Gasteiger partial charge in [-0.05, 0) is 32.3 Å². The largest absolute Gasteiger partial charge is 0.352 e. The fourth-order valence-electron chi connectivity index (χ4n) is 2.45. The SMILES string of the molecule is CC(C)(N)C(=O)NC1CCN(Cc2ccccc2)CC1. The van der Waals surface area contributed by atoms with E-state index in [-0.39, 0.29) is 11.9 Å². The molecule has 0 aliphatic carbocycles. The normalized spacial score (nSPS) is 17.9. The average Bonchev–Trinajstić information content (AvgIpc) is 2.41. The Bertz CT molecular complexity index is 431. The maximum atomic E-state index is 11.9. The Morgan fingerprint density at radius 3 is 2.45 bits per heavy atom. The highest BCUT2D eigenvalue weighted by Crippen LogP contribution is 2.14. The zero-order valence-electron chi connectivity index (χ0n) is 12.4. The second-order valence-corrected chi connectivity index (χ2v) is 6.23. The molecule has 1 aliphatic rings. The summed E-state index contributed by atoms with van der Waals surface area (Å²) in [5, 5.41) is 3.05. The number of benzene rings is 1. The van der Waals surface area contributed by atoms with Gasteiger partial charge in [0.25, 0.3) is 0 Å². The minimum Gasteiger partial charge on any atom is -0.352 e.